The third kappa shape index (κ3) is 3.72. The van der Waals surface area contributed by atoms with Gasteiger partial charge in [0.25, 0.3) is 0 Å². The van der Waals surface area contributed by atoms with E-state index < -0.39 is 0 Å². The summed E-state index contributed by atoms with van der Waals surface area (Å²) >= 11 is 8.34. The lowest BCUT2D eigenvalue weighted by Crippen LogP contribution is -2.20. The number of hydrogen-bond acceptors (Lipinski definition) is 3. The molecule has 0 aromatic heterocycles. The van der Waals surface area contributed by atoms with Crippen LogP contribution in [0.3, 0.4) is 0 Å². The second kappa shape index (κ2) is 6.97. The quantitative estimate of drug-likeness (QED) is 0.713. The van der Waals surface area contributed by atoms with Gasteiger partial charge in [-0.3, -0.25) is 4.79 Å². The molecule has 3 rings (SSSR count). The number of carbonyl (C=O) groups excluding carboxylic acids is 1. The van der Waals surface area contributed by atoms with Crippen LogP contribution in [0.2, 0.25) is 5.02 Å². The average Bonchev–Trinajstić information content (AvgIpc) is 2.56. The van der Waals surface area contributed by atoms with Crippen LogP contribution in [0.25, 0.3) is 0 Å². The van der Waals surface area contributed by atoms with Gasteiger partial charge in [0.1, 0.15) is 13.2 Å². The maximum atomic E-state index is 12.5. The largest absolute Gasteiger partial charge is 0.486 e. The molecule has 2 aromatic carbocycles. The molecule has 1 amide bonds. The molecule has 0 fully saturated rings. The average molecular weight is 444 g/mol. The highest BCUT2D eigenvalue weighted by molar-refractivity contribution is 14.1. The maximum absolute atomic E-state index is 12.5. The first-order valence-electron chi connectivity index (χ1n) is 7.20. The van der Waals surface area contributed by atoms with Crippen LogP contribution < -0.4 is 14.8 Å². The number of rotatable bonds is 3. The van der Waals surface area contributed by atoms with E-state index in [1.165, 1.54) is 0 Å². The molecule has 0 saturated heterocycles. The van der Waals surface area contributed by atoms with E-state index in [-0.39, 0.29) is 11.8 Å². The summed E-state index contributed by atoms with van der Waals surface area (Å²) in [7, 11) is 0. The van der Waals surface area contributed by atoms with Gasteiger partial charge in [0.05, 0.1) is 16.6 Å². The Morgan fingerprint density at radius 3 is 2.65 bits per heavy atom. The van der Waals surface area contributed by atoms with Gasteiger partial charge in [-0.1, -0.05) is 17.7 Å². The molecule has 1 heterocycles. The monoisotopic (exact) mass is 443 g/mol. The van der Waals surface area contributed by atoms with Crippen molar-refractivity contribution in [2.24, 2.45) is 0 Å². The lowest BCUT2D eigenvalue weighted by atomic mass is 9.99. The molecule has 1 N–H and O–H groups in total. The number of anilines is 1. The molecular formula is C17H15ClINO3. The molecule has 4 nitrogen and oxygen atoms in total. The van der Waals surface area contributed by atoms with Crippen LogP contribution in [0.1, 0.15) is 18.4 Å². The molecule has 1 aliphatic heterocycles. The van der Waals surface area contributed by atoms with Crippen LogP contribution in [-0.4, -0.2) is 19.1 Å². The fraction of sp³-hybridized carbons (Fsp3) is 0.235. The number of hydrogen-bond donors (Lipinski definition) is 1. The number of fused-ring (bicyclic) bond motifs is 1. The normalized spacial score (nSPS) is 14.2. The Morgan fingerprint density at radius 1 is 1.17 bits per heavy atom. The smallest absolute Gasteiger partial charge is 0.231 e. The lowest BCUT2D eigenvalue weighted by molar-refractivity contribution is -0.117. The minimum atomic E-state index is -0.332. The van der Waals surface area contributed by atoms with Gasteiger partial charge in [-0.15, -0.1) is 0 Å². The Morgan fingerprint density at radius 2 is 1.91 bits per heavy atom. The summed E-state index contributed by atoms with van der Waals surface area (Å²) in [5, 5.41) is 3.40. The molecular weight excluding hydrogens is 429 g/mol. The second-order valence-electron chi connectivity index (χ2n) is 5.24. The van der Waals surface area contributed by atoms with Gasteiger partial charge in [0.2, 0.25) is 5.91 Å². The van der Waals surface area contributed by atoms with Gasteiger partial charge in [-0.2, -0.15) is 0 Å². The summed E-state index contributed by atoms with van der Waals surface area (Å²) in [6, 6.07) is 11.1. The van der Waals surface area contributed by atoms with Gasteiger partial charge in [-0.25, -0.2) is 0 Å². The number of carbonyl (C=O) groups is 1. The van der Waals surface area contributed by atoms with Crippen LogP contribution in [0.15, 0.2) is 36.4 Å². The molecule has 0 saturated carbocycles. The van der Waals surface area contributed by atoms with Crippen molar-refractivity contribution in [3.8, 4) is 11.5 Å². The van der Waals surface area contributed by atoms with E-state index in [2.05, 4.69) is 27.9 Å². The third-order valence-corrected chi connectivity index (χ3v) is 4.63. The topological polar surface area (TPSA) is 47.6 Å². The summed E-state index contributed by atoms with van der Waals surface area (Å²) in [5.41, 5.74) is 1.48. The summed E-state index contributed by atoms with van der Waals surface area (Å²) in [4.78, 5) is 12.5. The Kier molecular flexibility index (Phi) is 4.96. The molecule has 2 aromatic rings. The molecule has 120 valence electrons. The molecule has 1 aliphatic rings. The molecule has 0 aliphatic carbocycles. The van der Waals surface area contributed by atoms with Gasteiger partial charge in [0.15, 0.2) is 11.5 Å². The number of nitrogens with one attached hydrogen (secondary N) is 1. The fourth-order valence-corrected chi connectivity index (χ4v) is 3.22. The first-order chi connectivity index (χ1) is 11.0. The number of benzene rings is 2. The number of ether oxygens (including phenoxy) is 2. The van der Waals surface area contributed by atoms with E-state index in [9.17, 15) is 4.79 Å². The molecule has 0 spiro atoms. The maximum Gasteiger partial charge on any atom is 0.231 e. The van der Waals surface area contributed by atoms with Crippen molar-refractivity contribution in [1.29, 1.82) is 0 Å². The van der Waals surface area contributed by atoms with Crippen molar-refractivity contribution in [2.45, 2.75) is 12.8 Å². The van der Waals surface area contributed by atoms with E-state index in [1.807, 2.05) is 37.3 Å². The minimum Gasteiger partial charge on any atom is -0.486 e. The van der Waals surface area contributed by atoms with E-state index in [4.69, 9.17) is 21.1 Å². The Labute approximate surface area is 153 Å². The summed E-state index contributed by atoms with van der Waals surface area (Å²) in [6.45, 7) is 2.92. The fourth-order valence-electron chi connectivity index (χ4n) is 2.31. The van der Waals surface area contributed by atoms with Gasteiger partial charge in [-0.05, 0) is 65.4 Å². The van der Waals surface area contributed by atoms with Crippen molar-refractivity contribution in [1.82, 2.24) is 0 Å². The minimum absolute atomic E-state index is 0.121. The molecule has 0 bridgehead atoms. The summed E-state index contributed by atoms with van der Waals surface area (Å²) in [6.07, 6.45) is 0. The van der Waals surface area contributed by atoms with Crippen molar-refractivity contribution in [3.05, 3.63) is 50.6 Å². The van der Waals surface area contributed by atoms with Crippen molar-refractivity contribution < 1.29 is 14.3 Å². The number of amides is 1. The van der Waals surface area contributed by atoms with E-state index in [0.717, 1.165) is 9.13 Å². The van der Waals surface area contributed by atoms with E-state index in [1.54, 1.807) is 6.07 Å². The van der Waals surface area contributed by atoms with Crippen LogP contribution in [0, 0.1) is 3.57 Å². The highest BCUT2D eigenvalue weighted by atomic mass is 127. The zero-order valence-corrected chi connectivity index (χ0v) is 15.3. The predicted octanol–water partition coefficient (Wildman–Crippen LogP) is 4.46. The lowest BCUT2D eigenvalue weighted by Gasteiger charge is -2.20. The standard InChI is InChI=1S/C17H15ClINO3/c1-10(11-2-5-15-16(8-11)23-7-6-22-15)17(21)20-14-4-3-12(19)9-13(14)18/h2-5,8-10H,6-7H2,1H3,(H,20,21). The van der Waals surface area contributed by atoms with Gasteiger partial charge >= 0.3 is 0 Å². The third-order valence-electron chi connectivity index (χ3n) is 3.65. The van der Waals surface area contributed by atoms with Crippen molar-refractivity contribution >= 4 is 45.8 Å². The van der Waals surface area contributed by atoms with E-state index >= 15 is 0 Å². The zero-order chi connectivity index (χ0) is 16.4. The van der Waals surface area contributed by atoms with Crippen molar-refractivity contribution in [2.75, 3.05) is 18.5 Å². The molecule has 1 atom stereocenters. The van der Waals surface area contributed by atoms with Crippen LogP contribution in [0.4, 0.5) is 5.69 Å². The van der Waals surface area contributed by atoms with Crippen LogP contribution in [-0.2, 0) is 4.79 Å². The molecule has 1 unspecified atom stereocenters. The Balaban J connectivity index is 1.77. The molecule has 0 radical (unpaired) electrons. The Hall–Kier alpha value is -1.47. The highest BCUT2D eigenvalue weighted by Crippen LogP contribution is 2.33. The summed E-state index contributed by atoms with van der Waals surface area (Å²) < 4.78 is 12.1. The number of halogens is 2. The van der Waals surface area contributed by atoms with Gasteiger partial charge < -0.3 is 14.8 Å². The Bertz CT molecular complexity index is 751. The SMILES string of the molecule is CC(C(=O)Nc1ccc(I)cc1Cl)c1ccc2c(c1)OCCO2. The second-order valence-corrected chi connectivity index (χ2v) is 6.89. The summed E-state index contributed by atoms with van der Waals surface area (Å²) in [5.74, 6) is 0.944. The van der Waals surface area contributed by atoms with Crippen LogP contribution in [0.5, 0.6) is 11.5 Å². The van der Waals surface area contributed by atoms with Gasteiger partial charge in [0, 0.05) is 3.57 Å². The van der Waals surface area contributed by atoms with Crippen LogP contribution >= 0.6 is 34.2 Å². The molecule has 23 heavy (non-hydrogen) atoms. The zero-order valence-electron chi connectivity index (χ0n) is 12.4. The molecule has 6 heteroatoms. The van der Waals surface area contributed by atoms with Crippen molar-refractivity contribution in [3.63, 3.8) is 0 Å². The first kappa shape index (κ1) is 16.4. The highest BCUT2D eigenvalue weighted by Gasteiger charge is 2.20. The first-order valence-corrected chi connectivity index (χ1v) is 8.66. The predicted molar refractivity (Wildman–Crippen MR) is 98.6 cm³/mol. The van der Waals surface area contributed by atoms with E-state index in [0.29, 0.717) is 35.4 Å².